The summed E-state index contributed by atoms with van der Waals surface area (Å²) in [4.78, 5) is 26.7. The fourth-order valence-electron chi connectivity index (χ4n) is 4.64. The summed E-state index contributed by atoms with van der Waals surface area (Å²) in [7, 11) is 0. The maximum Gasteiger partial charge on any atom is 0.226 e. The Balaban J connectivity index is 1.56. The summed E-state index contributed by atoms with van der Waals surface area (Å²) >= 11 is 0. The molecule has 0 saturated heterocycles. The number of fused-ring (bicyclic) bond motifs is 1. The van der Waals surface area contributed by atoms with E-state index in [0.29, 0.717) is 12.8 Å². The van der Waals surface area contributed by atoms with Crippen LogP contribution in [-0.4, -0.2) is 17.9 Å². The number of para-hydroxylation sites is 1. The summed E-state index contributed by atoms with van der Waals surface area (Å²) in [6.07, 6.45) is 9.02. The standard InChI is InChI=1S/C28H39N3O2/c1-4-6-7-8-9-10-15-27(32)30-23-18-16-22(17-19-23)29-25-20-21(3)31(28(33)5-2)26-14-12-11-13-24(25)26/h11-14,16-19,21,25,29H,4-10,15,20H2,1-3H3,(H,30,32)/t21-,25+/m0/s1. The minimum atomic E-state index is 0.0851. The van der Waals surface area contributed by atoms with Crippen LogP contribution >= 0.6 is 0 Å². The van der Waals surface area contributed by atoms with Crippen molar-refractivity contribution < 1.29 is 9.59 Å². The molecule has 5 heteroatoms. The largest absolute Gasteiger partial charge is 0.378 e. The zero-order valence-corrected chi connectivity index (χ0v) is 20.4. The van der Waals surface area contributed by atoms with E-state index in [0.717, 1.165) is 41.9 Å². The predicted molar refractivity (Wildman–Crippen MR) is 138 cm³/mol. The van der Waals surface area contributed by atoms with Gasteiger partial charge < -0.3 is 15.5 Å². The van der Waals surface area contributed by atoms with Crippen LogP contribution in [-0.2, 0) is 9.59 Å². The van der Waals surface area contributed by atoms with E-state index in [9.17, 15) is 9.59 Å². The first-order valence-electron chi connectivity index (χ1n) is 12.6. The second-order valence-electron chi connectivity index (χ2n) is 9.10. The van der Waals surface area contributed by atoms with Crippen molar-refractivity contribution >= 4 is 28.9 Å². The predicted octanol–water partition coefficient (Wildman–Crippen LogP) is 7.06. The van der Waals surface area contributed by atoms with Gasteiger partial charge in [-0.05, 0) is 55.7 Å². The molecule has 1 heterocycles. The van der Waals surface area contributed by atoms with Crippen LogP contribution in [0.2, 0.25) is 0 Å². The third-order valence-electron chi connectivity index (χ3n) is 6.43. The third-order valence-corrected chi connectivity index (χ3v) is 6.43. The number of hydrogen-bond donors (Lipinski definition) is 2. The molecule has 178 valence electrons. The molecule has 0 fully saturated rings. The van der Waals surface area contributed by atoms with Crippen molar-refractivity contribution in [2.45, 2.75) is 90.6 Å². The fourth-order valence-corrected chi connectivity index (χ4v) is 4.64. The maximum atomic E-state index is 12.5. The molecule has 2 N–H and O–H groups in total. The zero-order chi connectivity index (χ0) is 23.6. The molecule has 0 radical (unpaired) electrons. The van der Waals surface area contributed by atoms with Crippen molar-refractivity contribution in [3.05, 3.63) is 54.1 Å². The van der Waals surface area contributed by atoms with Gasteiger partial charge in [-0.2, -0.15) is 0 Å². The highest BCUT2D eigenvalue weighted by atomic mass is 16.2. The first kappa shape index (κ1) is 24.8. The average Bonchev–Trinajstić information content (AvgIpc) is 2.82. The smallest absolute Gasteiger partial charge is 0.226 e. The van der Waals surface area contributed by atoms with Gasteiger partial charge in [0.2, 0.25) is 11.8 Å². The molecule has 5 nitrogen and oxygen atoms in total. The quantitative estimate of drug-likeness (QED) is 0.361. The molecule has 2 aromatic rings. The van der Waals surface area contributed by atoms with Gasteiger partial charge >= 0.3 is 0 Å². The molecule has 33 heavy (non-hydrogen) atoms. The van der Waals surface area contributed by atoms with Gasteiger partial charge in [0, 0.05) is 35.9 Å². The Morgan fingerprint density at radius 3 is 2.30 bits per heavy atom. The van der Waals surface area contributed by atoms with Crippen LogP contribution in [0.25, 0.3) is 0 Å². The maximum absolute atomic E-state index is 12.5. The van der Waals surface area contributed by atoms with Gasteiger partial charge in [0.1, 0.15) is 0 Å². The first-order valence-corrected chi connectivity index (χ1v) is 12.6. The lowest BCUT2D eigenvalue weighted by molar-refractivity contribution is -0.119. The van der Waals surface area contributed by atoms with E-state index in [2.05, 4.69) is 30.5 Å². The molecule has 3 rings (SSSR count). The van der Waals surface area contributed by atoms with Gasteiger partial charge in [0.05, 0.1) is 6.04 Å². The lowest BCUT2D eigenvalue weighted by Gasteiger charge is -2.40. The van der Waals surface area contributed by atoms with E-state index in [1.807, 2.05) is 54.3 Å². The van der Waals surface area contributed by atoms with Crippen LogP contribution in [0.15, 0.2) is 48.5 Å². The first-order chi connectivity index (χ1) is 16.0. The number of anilines is 3. The number of hydrogen-bond acceptors (Lipinski definition) is 3. The molecule has 1 aliphatic rings. The van der Waals surface area contributed by atoms with E-state index in [1.165, 1.54) is 25.7 Å². The normalized spacial score (nSPS) is 17.4. The van der Waals surface area contributed by atoms with E-state index in [-0.39, 0.29) is 23.9 Å². The molecule has 1 aliphatic heterocycles. The summed E-state index contributed by atoms with van der Waals surface area (Å²) in [5.41, 5.74) is 3.98. The van der Waals surface area contributed by atoms with Gasteiger partial charge in [0.25, 0.3) is 0 Å². The molecule has 0 spiro atoms. The highest BCUT2D eigenvalue weighted by Gasteiger charge is 2.32. The molecule has 0 unspecified atom stereocenters. The number of benzene rings is 2. The van der Waals surface area contributed by atoms with Crippen LogP contribution in [0.5, 0.6) is 0 Å². The van der Waals surface area contributed by atoms with Crippen LogP contribution < -0.4 is 15.5 Å². The number of rotatable bonds is 11. The van der Waals surface area contributed by atoms with Gasteiger partial charge in [-0.3, -0.25) is 9.59 Å². The fraction of sp³-hybridized carbons (Fsp3) is 0.500. The minimum Gasteiger partial charge on any atom is -0.378 e. The Kier molecular flexibility index (Phi) is 9.35. The Labute approximate surface area is 199 Å². The Morgan fingerprint density at radius 1 is 0.909 bits per heavy atom. The van der Waals surface area contributed by atoms with Crippen LogP contribution in [0.3, 0.4) is 0 Å². The van der Waals surface area contributed by atoms with Gasteiger partial charge in [-0.15, -0.1) is 0 Å². The Bertz CT molecular complexity index is 910. The van der Waals surface area contributed by atoms with Crippen LogP contribution in [0.4, 0.5) is 17.1 Å². The van der Waals surface area contributed by atoms with E-state index >= 15 is 0 Å². The van der Waals surface area contributed by atoms with Gasteiger partial charge in [0.15, 0.2) is 0 Å². The Morgan fingerprint density at radius 2 is 1.58 bits per heavy atom. The Hall–Kier alpha value is -2.82. The number of nitrogens with zero attached hydrogens (tertiary/aromatic N) is 1. The molecule has 2 atom stereocenters. The van der Waals surface area contributed by atoms with E-state index < -0.39 is 0 Å². The molecular weight excluding hydrogens is 410 g/mol. The highest BCUT2D eigenvalue weighted by molar-refractivity contribution is 5.95. The van der Waals surface area contributed by atoms with Crippen molar-refractivity contribution in [2.24, 2.45) is 0 Å². The average molecular weight is 450 g/mol. The monoisotopic (exact) mass is 449 g/mol. The third kappa shape index (κ3) is 6.83. The minimum absolute atomic E-state index is 0.0851. The topological polar surface area (TPSA) is 61.4 Å². The number of amides is 2. The molecule has 0 aliphatic carbocycles. The van der Waals surface area contributed by atoms with Crippen molar-refractivity contribution in [1.29, 1.82) is 0 Å². The zero-order valence-electron chi connectivity index (χ0n) is 20.4. The number of carbonyl (C=O) groups excluding carboxylic acids is 2. The van der Waals surface area contributed by atoms with Gasteiger partial charge in [-0.1, -0.05) is 64.2 Å². The number of carbonyl (C=O) groups is 2. The van der Waals surface area contributed by atoms with Crippen LogP contribution in [0.1, 0.15) is 90.2 Å². The lowest BCUT2D eigenvalue weighted by Crippen LogP contribution is -2.44. The lowest BCUT2D eigenvalue weighted by atomic mass is 9.91. The second kappa shape index (κ2) is 12.4. The van der Waals surface area contributed by atoms with Crippen molar-refractivity contribution in [2.75, 3.05) is 15.5 Å². The number of nitrogens with one attached hydrogen (secondary N) is 2. The molecule has 0 aromatic heterocycles. The van der Waals surface area contributed by atoms with E-state index in [4.69, 9.17) is 0 Å². The highest BCUT2D eigenvalue weighted by Crippen LogP contribution is 2.39. The molecule has 2 aromatic carbocycles. The number of unbranched alkanes of at least 4 members (excludes halogenated alkanes) is 5. The molecule has 0 saturated carbocycles. The van der Waals surface area contributed by atoms with Crippen molar-refractivity contribution in [3.8, 4) is 0 Å². The van der Waals surface area contributed by atoms with Gasteiger partial charge in [-0.25, -0.2) is 0 Å². The summed E-state index contributed by atoms with van der Waals surface area (Å²) < 4.78 is 0. The summed E-state index contributed by atoms with van der Waals surface area (Å²) in [6.45, 7) is 6.24. The molecular formula is C28H39N3O2. The van der Waals surface area contributed by atoms with Crippen molar-refractivity contribution in [1.82, 2.24) is 0 Å². The summed E-state index contributed by atoms with van der Waals surface area (Å²) in [6, 6.07) is 16.3. The van der Waals surface area contributed by atoms with E-state index in [1.54, 1.807) is 0 Å². The SMILES string of the molecule is CCCCCCCCC(=O)Nc1ccc(N[C@@H]2C[C@H](C)N(C(=O)CC)c3ccccc32)cc1. The molecule has 0 bridgehead atoms. The van der Waals surface area contributed by atoms with Crippen LogP contribution in [0, 0.1) is 0 Å². The van der Waals surface area contributed by atoms with Crippen molar-refractivity contribution in [3.63, 3.8) is 0 Å². The summed E-state index contributed by atoms with van der Waals surface area (Å²) in [5, 5.41) is 6.64. The second-order valence-corrected chi connectivity index (χ2v) is 9.10. The molecule has 2 amide bonds. The summed E-state index contributed by atoms with van der Waals surface area (Å²) in [5.74, 6) is 0.247.